The van der Waals surface area contributed by atoms with Gasteiger partial charge in [0, 0.05) is 0 Å². The lowest BCUT2D eigenvalue weighted by Gasteiger charge is -2.20. The van der Waals surface area contributed by atoms with Crippen molar-refractivity contribution in [3.8, 4) is 0 Å². The number of aryl methyl sites for hydroxylation is 2. The second-order valence-electron chi connectivity index (χ2n) is 5.55. The van der Waals surface area contributed by atoms with Crippen molar-refractivity contribution < 1.29 is 23.6 Å². The minimum absolute atomic E-state index is 0.144. The monoisotopic (exact) mass is 329 g/mol. The predicted octanol–water partition coefficient (Wildman–Crippen LogP) is 1.41. The number of esters is 1. The highest BCUT2D eigenvalue weighted by Crippen LogP contribution is 2.26. The number of benzene rings is 1. The van der Waals surface area contributed by atoms with Crippen LogP contribution in [-0.2, 0) is 16.1 Å². The quantitative estimate of drug-likeness (QED) is 0.617. The Hall–Kier alpha value is -3.03. The molecule has 2 heterocycles. The van der Waals surface area contributed by atoms with Crippen LogP contribution in [0.25, 0.3) is 0 Å². The van der Waals surface area contributed by atoms with E-state index in [4.69, 9.17) is 9.26 Å². The molecule has 0 bridgehead atoms. The lowest BCUT2D eigenvalue weighted by molar-refractivity contribution is -0.149. The molecular weight excluding hydrogens is 314 g/mol. The van der Waals surface area contributed by atoms with Crippen LogP contribution < -0.4 is 0 Å². The molecule has 24 heavy (non-hydrogen) atoms. The van der Waals surface area contributed by atoms with Gasteiger partial charge in [-0.05, 0) is 32.9 Å². The minimum Gasteiger partial charge on any atom is -0.454 e. The number of nitrogens with zero attached hydrogens (tertiary/aromatic N) is 3. The van der Waals surface area contributed by atoms with Crippen molar-refractivity contribution in [3.63, 3.8) is 0 Å². The third kappa shape index (κ3) is 2.66. The molecule has 1 atom stereocenters. The summed E-state index contributed by atoms with van der Waals surface area (Å²) in [5.74, 6) is -1.17. The van der Waals surface area contributed by atoms with Gasteiger partial charge in [-0.25, -0.2) is 4.79 Å². The molecule has 2 amide bonds. The van der Waals surface area contributed by atoms with Crippen molar-refractivity contribution in [2.24, 2.45) is 0 Å². The fraction of sp³-hybridized carbons (Fsp3) is 0.312. The van der Waals surface area contributed by atoms with Crippen molar-refractivity contribution in [1.29, 1.82) is 0 Å². The Bertz CT molecular complexity index is 842. The zero-order valence-corrected chi connectivity index (χ0v) is 13.4. The van der Waals surface area contributed by atoms with Crippen LogP contribution in [0.15, 0.2) is 22.7 Å². The van der Waals surface area contributed by atoms with Crippen LogP contribution in [0.3, 0.4) is 0 Å². The molecule has 8 nitrogen and oxygen atoms in total. The average molecular weight is 329 g/mol. The van der Waals surface area contributed by atoms with E-state index < -0.39 is 23.8 Å². The molecule has 3 rings (SSSR count). The van der Waals surface area contributed by atoms with E-state index in [9.17, 15) is 14.4 Å². The summed E-state index contributed by atoms with van der Waals surface area (Å²) in [6.07, 6.45) is 0. The lowest BCUT2D eigenvalue weighted by Crippen LogP contribution is -2.43. The molecule has 1 aromatic carbocycles. The fourth-order valence-corrected chi connectivity index (χ4v) is 2.48. The number of amides is 2. The van der Waals surface area contributed by atoms with Gasteiger partial charge >= 0.3 is 5.97 Å². The van der Waals surface area contributed by atoms with E-state index in [-0.39, 0.29) is 18.1 Å². The second-order valence-corrected chi connectivity index (χ2v) is 5.55. The van der Waals surface area contributed by atoms with E-state index in [1.165, 1.54) is 6.92 Å². The molecule has 1 aliphatic heterocycles. The summed E-state index contributed by atoms with van der Waals surface area (Å²) in [5.41, 5.74) is 1.45. The molecular formula is C16H15N3O5. The highest BCUT2D eigenvalue weighted by molar-refractivity contribution is 6.22. The molecule has 8 heteroatoms. The predicted molar refractivity (Wildman–Crippen MR) is 80.0 cm³/mol. The van der Waals surface area contributed by atoms with Crippen molar-refractivity contribution in [2.75, 3.05) is 0 Å². The Morgan fingerprint density at radius 2 is 1.96 bits per heavy atom. The molecule has 0 saturated carbocycles. The molecule has 2 aromatic rings. The topological polar surface area (TPSA) is 103 Å². The summed E-state index contributed by atoms with van der Waals surface area (Å²) in [6, 6.07) is 3.91. The molecule has 0 aliphatic carbocycles. The molecule has 0 spiro atoms. The van der Waals surface area contributed by atoms with Crippen LogP contribution in [0.5, 0.6) is 0 Å². The van der Waals surface area contributed by atoms with E-state index in [0.717, 1.165) is 10.5 Å². The first kappa shape index (κ1) is 15.9. The molecule has 0 saturated heterocycles. The zero-order valence-electron chi connectivity index (χ0n) is 13.4. The molecule has 1 aliphatic rings. The highest BCUT2D eigenvalue weighted by Gasteiger charge is 2.41. The second kappa shape index (κ2) is 5.88. The summed E-state index contributed by atoms with van der Waals surface area (Å²) < 4.78 is 9.89. The summed E-state index contributed by atoms with van der Waals surface area (Å²) in [4.78, 5) is 41.8. The summed E-state index contributed by atoms with van der Waals surface area (Å²) in [5, 5.41) is 3.58. The van der Waals surface area contributed by atoms with Crippen LogP contribution in [-0.4, -0.2) is 38.9 Å². The first-order chi connectivity index (χ1) is 11.4. The fourth-order valence-electron chi connectivity index (χ4n) is 2.48. The Balaban J connectivity index is 1.73. The zero-order chi connectivity index (χ0) is 17.4. The summed E-state index contributed by atoms with van der Waals surface area (Å²) >= 11 is 0. The van der Waals surface area contributed by atoms with Crippen molar-refractivity contribution in [3.05, 3.63) is 46.6 Å². The number of hydrogen-bond donors (Lipinski definition) is 0. The molecule has 0 radical (unpaired) electrons. The van der Waals surface area contributed by atoms with Gasteiger partial charge in [-0.1, -0.05) is 16.8 Å². The Morgan fingerprint density at radius 3 is 2.62 bits per heavy atom. The Kier molecular flexibility index (Phi) is 3.88. The van der Waals surface area contributed by atoms with Gasteiger partial charge in [-0.3, -0.25) is 14.5 Å². The third-order valence-electron chi connectivity index (χ3n) is 3.71. The van der Waals surface area contributed by atoms with Gasteiger partial charge in [0.25, 0.3) is 17.7 Å². The largest absolute Gasteiger partial charge is 0.454 e. The van der Waals surface area contributed by atoms with Gasteiger partial charge in [-0.15, -0.1) is 0 Å². The van der Waals surface area contributed by atoms with Crippen LogP contribution in [0.4, 0.5) is 0 Å². The van der Waals surface area contributed by atoms with Crippen molar-refractivity contribution in [2.45, 2.75) is 33.4 Å². The number of imide groups is 1. The van der Waals surface area contributed by atoms with E-state index in [2.05, 4.69) is 10.1 Å². The van der Waals surface area contributed by atoms with Crippen LogP contribution in [0.2, 0.25) is 0 Å². The number of carbonyl (C=O) groups excluding carboxylic acids is 3. The first-order valence-electron chi connectivity index (χ1n) is 7.33. The van der Waals surface area contributed by atoms with E-state index in [1.807, 2.05) is 6.92 Å². The van der Waals surface area contributed by atoms with Crippen LogP contribution >= 0.6 is 0 Å². The minimum atomic E-state index is -1.05. The normalized spacial score (nSPS) is 14.7. The van der Waals surface area contributed by atoms with E-state index >= 15 is 0 Å². The van der Waals surface area contributed by atoms with Gasteiger partial charge in [-0.2, -0.15) is 4.98 Å². The van der Waals surface area contributed by atoms with E-state index in [0.29, 0.717) is 11.4 Å². The lowest BCUT2D eigenvalue weighted by atomic mass is 10.1. The van der Waals surface area contributed by atoms with Crippen molar-refractivity contribution >= 4 is 17.8 Å². The standard InChI is InChI=1S/C16H15N3O5/c1-8-4-5-11-12(6-8)15(21)19(14(11)20)9(2)16(22)23-7-13-17-10(3)18-24-13/h4-6,9H,7H2,1-3H3. The smallest absolute Gasteiger partial charge is 0.329 e. The summed E-state index contributed by atoms with van der Waals surface area (Å²) in [7, 11) is 0. The number of rotatable bonds is 4. The van der Waals surface area contributed by atoms with E-state index in [1.54, 1.807) is 25.1 Å². The van der Waals surface area contributed by atoms with Gasteiger partial charge in [0.15, 0.2) is 12.4 Å². The maximum Gasteiger partial charge on any atom is 0.329 e. The number of aromatic nitrogens is 2. The van der Waals surface area contributed by atoms with Crippen LogP contribution in [0, 0.1) is 13.8 Å². The number of ether oxygens (including phenoxy) is 1. The third-order valence-corrected chi connectivity index (χ3v) is 3.71. The van der Waals surface area contributed by atoms with Crippen molar-refractivity contribution in [1.82, 2.24) is 15.0 Å². The molecule has 0 fully saturated rings. The number of carbonyl (C=O) groups is 3. The Morgan fingerprint density at radius 1 is 1.25 bits per heavy atom. The average Bonchev–Trinajstić information content (AvgIpc) is 3.06. The molecule has 0 N–H and O–H groups in total. The molecule has 1 aromatic heterocycles. The SMILES string of the molecule is Cc1ccc2c(c1)C(=O)N(C(C)C(=O)OCc1nc(C)no1)C2=O. The first-order valence-corrected chi connectivity index (χ1v) is 7.33. The highest BCUT2D eigenvalue weighted by atomic mass is 16.6. The van der Waals surface area contributed by atoms with Crippen LogP contribution in [0.1, 0.15) is 44.9 Å². The molecule has 1 unspecified atom stereocenters. The van der Waals surface area contributed by atoms with Gasteiger partial charge in [0.2, 0.25) is 0 Å². The molecule has 124 valence electrons. The number of fused-ring (bicyclic) bond motifs is 1. The Labute approximate surface area is 137 Å². The maximum atomic E-state index is 12.4. The maximum absolute atomic E-state index is 12.4. The number of hydrogen-bond acceptors (Lipinski definition) is 7. The van der Waals surface area contributed by atoms with Gasteiger partial charge in [0.05, 0.1) is 11.1 Å². The van der Waals surface area contributed by atoms with Gasteiger partial charge < -0.3 is 9.26 Å². The summed E-state index contributed by atoms with van der Waals surface area (Å²) in [6.45, 7) is 4.69. The van der Waals surface area contributed by atoms with Gasteiger partial charge in [0.1, 0.15) is 6.04 Å².